The Morgan fingerprint density at radius 3 is 2.81 bits per heavy atom. The molecule has 0 unspecified atom stereocenters. The summed E-state index contributed by atoms with van der Waals surface area (Å²) in [7, 11) is 0. The maximum atomic E-state index is 12.4. The van der Waals surface area contributed by atoms with Crippen molar-refractivity contribution in [1.82, 2.24) is 9.88 Å². The lowest BCUT2D eigenvalue weighted by atomic mass is 10.2. The van der Waals surface area contributed by atoms with Crippen molar-refractivity contribution in [2.45, 2.75) is 13.3 Å². The van der Waals surface area contributed by atoms with Crippen molar-refractivity contribution in [3.63, 3.8) is 0 Å². The maximum Gasteiger partial charge on any atom is 0.246 e. The normalized spacial score (nSPS) is 15.3. The van der Waals surface area contributed by atoms with Gasteiger partial charge in [0, 0.05) is 37.1 Å². The van der Waals surface area contributed by atoms with Gasteiger partial charge in [-0.2, -0.15) is 0 Å². The molecular formula is C20H21N3OS2. The van der Waals surface area contributed by atoms with E-state index < -0.39 is 0 Å². The van der Waals surface area contributed by atoms with Gasteiger partial charge in [0.1, 0.15) is 0 Å². The molecule has 3 heterocycles. The molecule has 134 valence electrons. The number of rotatable bonds is 4. The van der Waals surface area contributed by atoms with E-state index in [-0.39, 0.29) is 5.91 Å². The number of thiazole rings is 1. The van der Waals surface area contributed by atoms with E-state index in [2.05, 4.69) is 30.0 Å². The lowest BCUT2D eigenvalue weighted by Crippen LogP contribution is -2.48. The van der Waals surface area contributed by atoms with E-state index in [9.17, 15) is 4.79 Å². The molecule has 1 aliphatic heterocycles. The first kappa shape index (κ1) is 17.2. The number of fused-ring (bicyclic) bond motifs is 1. The molecule has 0 N–H and O–H groups in total. The second kappa shape index (κ2) is 7.60. The summed E-state index contributed by atoms with van der Waals surface area (Å²) in [6.45, 7) is 5.32. The molecule has 2 aromatic heterocycles. The third kappa shape index (κ3) is 3.66. The van der Waals surface area contributed by atoms with Gasteiger partial charge in [0.25, 0.3) is 0 Å². The van der Waals surface area contributed by atoms with E-state index in [1.54, 1.807) is 28.7 Å². The third-order valence-electron chi connectivity index (χ3n) is 4.65. The van der Waals surface area contributed by atoms with Gasteiger partial charge in [-0.25, -0.2) is 4.98 Å². The Morgan fingerprint density at radius 2 is 2.08 bits per heavy atom. The molecule has 0 bridgehead atoms. The van der Waals surface area contributed by atoms with Crippen LogP contribution in [0.2, 0.25) is 0 Å². The number of anilines is 1. The standard InChI is InChI=1S/C20H21N3OS2/c1-2-15-5-7-17-18(14-15)26-20(21-17)23-11-9-22(10-12-23)19(24)8-6-16-4-3-13-25-16/h3-8,13-14H,2,9-12H2,1H3/b8-6+. The number of hydrogen-bond acceptors (Lipinski definition) is 5. The van der Waals surface area contributed by atoms with Gasteiger partial charge in [-0.1, -0.05) is 30.4 Å². The van der Waals surface area contributed by atoms with E-state index in [1.807, 2.05) is 28.5 Å². The van der Waals surface area contributed by atoms with Crippen LogP contribution >= 0.6 is 22.7 Å². The van der Waals surface area contributed by atoms with Crippen molar-refractivity contribution in [3.8, 4) is 0 Å². The van der Waals surface area contributed by atoms with Gasteiger partial charge in [0.05, 0.1) is 10.2 Å². The summed E-state index contributed by atoms with van der Waals surface area (Å²) < 4.78 is 1.25. The minimum absolute atomic E-state index is 0.0925. The van der Waals surface area contributed by atoms with Crippen molar-refractivity contribution >= 4 is 50.0 Å². The highest BCUT2D eigenvalue weighted by atomic mass is 32.1. The summed E-state index contributed by atoms with van der Waals surface area (Å²) in [6, 6.07) is 10.5. The van der Waals surface area contributed by atoms with Crippen LogP contribution in [0.5, 0.6) is 0 Å². The fourth-order valence-corrected chi connectivity index (χ4v) is 4.77. The highest BCUT2D eigenvalue weighted by molar-refractivity contribution is 7.22. The van der Waals surface area contributed by atoms with Crippen LogP contribution in [-0.4, -0.2) is 42.0 Å². The molecule has 0 saturated carbocycles. The molecule has 0 atom stereocenters. The van der Waals surface area contributed by atoms with Gasteiger partial charge >= 0.3 is 0 Å². The molecule has 6 heteroatoms. The zero-order valence-corrected chi connectivity index (χ0v) is 16.4. The van der Waals surface area contributed by atoms with Crippen LogP contribution in [0.1, 0.15) is 17.4 Å². The first-order valence-corrected chi connectivity index (χ1v) is 10.6. The third-order valence-corrected chi connectivity index (χ3v) is 6.56. The molecule has 1 saturated heterocycles. The highest BCUT2D eigenvalue weighted by Gasteiger charge is 2.22. The van der Waals surface area contributed by atoms with Crippen LogP contribution in [0.25, 0.3) is 16.3 Å². The van der Waals surface area contributed by atoms with Gasteiger partial charge in [-0.05, 0) is 41.6 Å². The number of amides is 1. The van der Waals surface area contributed by atoms with Gasteiger partial charge in [0.2, 0.25) is 5.91 Å². The molecule has 1 aliphatic rings. The van der Waals surface area contributed by atoms with Crippen LogP contribution in [-0.2, 0) is 11.2 Å². The summed E-state index contributed by atoms with van der Waals surface area (Å²) in [5, 5.41) is 3.08. The topological polar surface area (TPSA) is 36.4 Å². The van der Waals surface area contributed by atoms with Gasteiger partial charge in [0.15, 0.2) is 5.13 Å². The molecule has 1 amide bonds. The molecule has 1 aromatic carbocycles. The average Bonchev–Trinajstić information content (AvgIpc) is 3.35. The van der Waals surface area contributed by atoms with Crippen LogP contribution in [0.15, 0.2) is 41.8 Å². The van der Waals surface area contributed by atoms with E-state index >= 15 is 0 Å². The summed E-state index contributed by atoms with van der Waals surface area (Å²) in [5.41, 5.74) is 2.42. The number of thiophene rings is 1. The Morgan fingerprint density at radius 1 is 1.23 bits per heavy atom. The Kier molecular flexibility index (Phi) is 5.04. The second-order valence-corrected chi connectivity index (χ2v) is 8.30. The van der Waals surface area contributed by atoms with Gasteiger partial charge in [-0.3, -0.25) is 4.79 Å². The van der Waals surface area contributed by atoms with E-state index in [0.29, 0.717) is 0 Å². The molecule has 26 heavy (non-hydrogen) atoms. The number of carbonyl (C=O) groups excluding carboxylic acids is 1. The number of carbonyl (C=O) groups is 1. The molecule has 4 rings (SSSR count). The molecule has 1 fully saturated rings. The Balaban J connectivity index is 1.39. The number of aryl methyl sites for hydroxylation is 1. The average molecular weight is 384 g/mol. The summed E-state index contributed by atoms with van der Waals surface area (Å²) in [6.07, 6.45) is 4.63. The molecule has 3 aromatic rings. The second-order valence-electron chi connectivity index (χ2n) is 6.31. The minimum atomic E-state index is 0.0925. The number of benzene rings is 1. The van der Waals surface area contributed by atoms with Crippen LogP contribution in [0, 0.1) is 0 Å². The first-order chi connectivity index (χ1) is 12.7. The predicted octanol–water partition coefficient (Wildman–Crippen LogP) is 4.28. The predicted molar refractivity (Wildman–Crippen MR) is 111 cm³/mol. The van der Waals surface area contributed by atoms with Crippen molar-refractivity contribution in [1.29, 1.82) is 0 Å². The molecule has 0 spiro atoms. The number of nitrogens with zero attached hydrogens (tertiary/aromatic N) is 3. The van der Waals surface area contributed by atoms with Crippen LogP contribution < -0.4 is 4.90 Å². The maximum absolute atomic E-state index is 12.4. The van der Waals surface area contributed by atoms with E-state index in [4.69, 9.17) is 4.98 Å². The fourth-order valence-electron chi connectivity index (χ4n) is 3.08. The Hall–Kier alpha value is -2.18. The van der Waals surface area contributed by atoms with Crippen molar-refractivity contribution in [2.75, 3.05) is 31.1 Å². The number of hydrogen-bond donors (Lipinski definition) is 0. The van der Waals surface area contributed by atoms with E-state index in [0.717, 1.165) is 48.1 Å². The van der Waals surface area contributed by atoms with E-state index in [1.165, 1.54) is 10.3 Å². The fraction of sp³-hybridized carbons (Fsp3) is 0.300. The van der Waals surface area contributed by atoms with Gasteiger partial charge in [-0.15, -0.1) is 11.3 Å². The number of piperazine rings is 1. The number of aromatic nitrogens is 1. The van der Waals surface area contributed by atoms with Crippen molar-refractivity contribution in [2.24, 2.45) is 0 Å². The zero-order valence-electron chi connectivity index (χ0n) is 14.7. The SMILES string of the molecule is CCc1ccc2nc(N3CCN(C(=O)/C=C/c4cccs4)CC3)sc2c1. The monoisotopic (exact) mass is 383 g/mol. The quantitative estimate of drug-likeness (QED) is 0.631. The molecule has 4 nitrogen and oxygen atoms in total. The molecular weight excluding hydrogens is 362 g/mol. The van der Waals surface area contributed by atoms with Crippen molar-refractivity contribution in [3.05, 3.63) is 52.2 Å². The highest BCUT2D eigenvalue weighted by Crippen LogP contribution is 2.30. The summed E-state index contributed by atoms with van der Waals surface area (Å²) in [5.74, 6) is 0.0925. The van der Waals surface area contributed by atoms with Crippen LogP contribution in [0.3, 0.4) is 0 Å². The minimum Gasteiger partial charge on any atom is -0.345 e. The van der Waals surface area contributed by atoms with Crippen LogP contribution in [0.4, 0.5) is 5.13 Å². The van der Waals surface area contributed by atoms with Gasteiger partial charge < -0.3 is 9.80 Å². The zero-order chi connectivity index (χ0) is 17.9. The Bertz CT molecular complexity index is 922. The van der Waals surface area contributed by atoms with Crippen molar-refractivity contribution < 1.29 is 4.79 Å². The Labute approximate surface area is 161 Å². The first-order valence-electron chi connectivity index (χ1n) is 8.88. The lowest BCUT2D eigenvalue weighted by Gasteiger charge is -2.34. The largest absolute Gasteiger partial charge is 0.345 e. The molecule has 0 radical (unpaired) electrons. The molecule has 0 aliphatic carbocycles. The summed E-state index contributed by atoms with van der Waals surface area (Å²) in [4.78, 5) is 22.5. The lowest BCUT2D eigenvalue weighted by molar-refractivity contribution is -0.126. The summed E-state index contributed by atoms with van der Waals surface area (Å²) >= 11 is 3.39. The smallest absolute Gasteiger partial charge is 0.246 e.